The van der Waals surface area contributed by atoms with E-state index in [1.165, 1.54) is 12.1 Å². The number of benzene rings is 1. The van der Waals surface area contributed by atoms with Crippen molar-refractivity contribution >= 4 is 34.7 Å². The highest BCUT2D eigenvalue weighted by atomic mass is 35.5. The Balaban J connectivity index is 1.99. The van der Waals surface area contributed by atoms with Crippen LogP contribution >= 0.6 is 11.6 Å². The number of amides is 1. The molecule has 0 radical (unpaired) electrons. The monoisotopic (exact) mass is 321 g/mol. The van der Waals surface area contributed by atoms with Crippen LogP contribution < -0.4 is 10.6 Å². The number of nitrogens with one attached hydrogen (secondary N) is 2. The van der Waals surface area contributed by atoms with Crippen molar-refractivity contribution in [3.63, 3.8) is 0 Å². The van der Waals surface area contributed by atoms with Gasteiger partial charge in [-0.3, -0.25) is 4.79 Å². The van der Waals surface area contributed by atoms with E-state index in [0.29, 0.717) is 29.5 Å². The lowest BCUT2D eigenvalue weighted by Crippen LogP contribution is -2.14. The predicted molar refractivity (Wildman–Crippen MR) is 87.0 cm³/mol. The van der Waals surface area contributed by atoms with Crippen molar-refractivity contribution in [3.05, 3.63) is 47.4 Å². The molecule has 0 spiro atoms. The molecular formula is C16H17ClFN3O. The highest BCUT2D eigenvalue weighted by molar-refractivity contribution is 6.31. The molecule has 0 unspecified atom stereocenters. The summed E-state index contributed by atoms with van der Waals surface area (Å²) in [6, 6.07) is 7.84. The lowest BCUT2D eigenvalue weighted by Gasteiger charge is -2.09. The third kappa shape index (κ3) is 4.70. The molecule has 22 heavy (non-hydrogen) atoms. The molecule has 2 N–H and O–H groups in total. The standard InChI is InChI=1S/C16H17ClFN3O/c1-10(2)7-16(22)21-15-6-4-12(9-19-15)20-11-3-5-14(18)13(17)8-11/h3-6,8-10,20H,7H2,1-2H3,(H,19,21,22). The van der Waals surface area contributed by atoms with Crippen LogP contribution in [0.1, 0.15) is 20.3 Å². The topological polar surface area (TPSA) is 54.0 Å². The zero-order valence-corrected chi connectivity index (χ0v) is 13.1. The Bertz CT molecular complexity index is 659. The van der Waals surface area contributed by atoms with Crippen molar-refractivity contribution in [2.24, 2.45) is 5.92 Å². The summed E-state index contributed by atoms with van der Waals surface area (Å²) in [6.07, 6.45) is 2.04. The summed E-state index contributed by atoms with van der Waals surface area (Å²) in [4.78, 5) is 15.8. The Kier molecular flexibility index (Phi) is 5.33. The van der Waals surface area contributed by atoms with Crippen molar-refractivity contribution in [3.8, 4) is 0 Å². The minimum Gasteiger partial charge on any atom is -0.354 e. The quantitative estimate of drug-likeness (QED) is 0.846. The first-order valence-corrected chi connectivity index (χ1v) is 7.30. The molecule has 0 aliphatic carbocycles. The molecule has 0 bridgehead atoms. The SMILES string of the molecule is CC(C)CC(=O)Nc1ccc(Nc2ccc(F)c(Cl)c2)cn1. The molecule has 6 heteroatoms. The summed E-state index contributed by atoms with van der Waals surface area (Å²) in [5.41, 5.74) is 1.37. The van der Waals surface area contributed by atoms with Crippen LogP contribution in [-0.4, -0.2) is 10.9 Å². The lowest BCUT2D eigenvalue weighted by molar-refractivity contribution is -0.116. The fourth-order valence-corrected chi connectivity index (χ4v) is 2.03. The van der Waals surface area contributed by atoms with Gasteiger partial charge < -0.3 is 10.6 Å². The van der Waals surface area contributed by atoms with Gasteiger partial charge in [0.15, 0.2) is 0 Å². The number of carbonyl (C=O) groups excluding carboxylic acids is 1. The van der Waals surface area contributed by atoms with Crippen LogP contribution in [0.2, 0.25) is 5.02 Å². The van der Waals surface area contributed by atoms with Gasteiger partial charge >= 0.3 is 0 Å². The molecule has 1 aromatic carbocycles. The zero-order valence-electron chi connectivity index (χ0n) is 12.4. The molecule has 1 amide bonds. The first kappa shape index (κ1) is 16.2. The third-order valence-corrected chi connectivity index (χ3v) is 3.12. The van der Waals surface area contributed by atoms with Gasteiger partial charge in [-0.15, -0.1) is 0 Å². The first-order valence-electron chi connectivity index (χ1n) is 6.92. The summed E-state index contributed by atoms with van der Waals surface area (Å²) in [6.45, 7) is 3.96. The van der Waals surface area contributed by atoms with Crippen molar-refractivity contribution < 1.29 is 9.18 Å². The smallest absolute Gasteiger partial charge is 0.225 e. The number of hydrogen-bond acceptors (Lipinski definition) is 3. The molecule has 2 rings (SSSR count). The number of aromatic nitrogens is 1. The van der Waals surface area contributed by atoms with E-state index in [9.17, 15) is 9.18 Å². The van der Waals surface area contributed by atoms with Crippen LogP contribution in [-0.2, 0) is 4.79 Å². The van der Waals surface area contributed by atoms with Crippen LogP contribution in [0.25, 0.3) is 0 Å². The van der Waals surface area contributed by atoms with Gasteiger partial charge in [0.05, 0.1) is 16.9 Å². The van der Waals surface area contributed by atoms with Crippen LogP contribution in [0.4, 0.5) is 21.6 Å². The van der Waals surface area contributed by atoms with Crippen molar-refractivity contribution in [1.29, 1.82) is 0 Å². The summed E-state index contributed by atoms with van der Waals surface area (Å²) < 4.78 is 13.1. The van der Waals surface area contributed by atoms with Gasteiger partial charge in [-0.1, -0.05) is 25.4 Å². The second-order valence-electron chi connectivity index (χ2n) is 5.33. The molecule has 0 aliphatic rings. The molecule has 1 heterocycles. The molecule has 4 nitrogen and oxygen atoms in total. The fourth-order valence-electron chi connectivity index (χ4n) is 1.85. The van der Waals surface area contributed by atoms with Crippen molar-refractivity contribution in [2.75, 3.05) is 10.6 Å². The number of anilines is 3. The lowest BCUT2D eigenvalue weighted by atomic mass is 10.1. The Morgan fingerprint density at radius 2 is 2.00 bits per heavy atom. The average Bonchev–Trinajstić information content (AvgIpc) is 2.44. The highest BCUT2D eigenvalue weighted by Gasteiger charge is 2.06. The molecule has 2 aromatic rings. The van der Waals surface area contributed by atoms with Crippen LogP contribution in [0.15, 0.2) is 36.5 Å². The van der Waals surface area contributed by atoms with E-state index >= 15 is 0 Å². The van der Waals surface area contributed by atoms with E-state index in [0.717, 1.165) is 0 Å². The van der Waals surface area contributed by atoms with E-state index in [2.05, 4.69) is 15.6 Å². The Morgan fingerprint density at radius 3 is 2.59 bits per heavy atom. The van der Waals surface area contributed by atoms with Gasteiger partial charge in [0, 0.05) is 12.1 Å². The van der Waals surface area contributed by atoms with Crippen LogP contribution in [0, 0.1) is 11.7 Å². The molecular weight excluding hydrogens is 305 g/mol. The largest absolute Gasteiger partial charge is 0.354 e. The molecule has 0 fully saturated rings. The highest BCUT2D eigenvalue weighted by Crippen LogP contribution is 2.22. The number of carbonyl (C=O) groups is 1. The number of halogens is 2. The van der Waals surface area contributed by atoms with Crippen LogP contribution in [0.3, 0.4) is 0 Å². The van der Waals surface area contributed by atoms with Crippen molar-refractivity contribution in [1.82, 2.24) is 4.98 Å². The minimum atomic E-state index is -0.464. The molecule has 0 saturated heterocycles. The molecule has 0 atom stereocenters. The maximum atomic E-state index is 13.1. The van der Waals surface area contributed by atoms with Gasteiger partial charge in [-0.2, -0.15) is 0 Å². The van der Waals surface area contributed by atoms with E-state index in [4.69, 9.17) is 11.6 Å². The van der Waals surface area contributed by atoms with Crippen molar-refractivity contribution in [2.45, 2.75) is 20.3 Å². The van der Waals surface area contributed by atoms with Gasteiger partial charge in [-0.25, -0.2) is 9.37 Å². The Hall–Kier alpha value is -2.14. The number of pyridine rings is 1. The number of rotatable bonds is 5. The minimum absolute atomic E-state index is 0.0514. The molecule has 116 valence electrons. The maximum absolute atomic E-state index is 13.1. The number of hydrogen-bond donors (Lipinski definition) is 2. The predicted octanol–water partition coefficient (Wildman–Crippen LogP) is 4.60. The fraction of sp³-hybridized carbons (Fsp3) is 0.250. The second-order valence-corrected chi connectivity index (χ2v) is 5.74. The normalized spacial score (nSPS) is 10.6. The van der Waals surface area contributed by atoms with E-state index < -0.39 is 5.82 Å². The summed E-state index contributed by atoms with van der Waals surface area (Å²) >= 11 is 5.73. The molecule has 0 saturated carbocycles. The van der Waals surface area contributed by atoms with E-state index in [1.807, 2.05) is 13.8 Å². The average molecular weight is 322 g/mol. The summed E-state index contributed by atoms with van der Waals surface area (Å²) in [5, 5.41) is 5.84. The van der Waals surface area contributed by atoms with Gasteiger partial charge in [0.25, 0.3) is 0 Å². The van der Waals surface area contributed by atoms with Crippen LogP contribution in [0.5, 0.6) is 0 Å². The first-order chi connectivity index (χ1) is 10.4. The van der Waals surface area contributed by atoms with E-state index in [-0.39, 0.29) is 10.9 Å². The van der Waals surface area contributed by atoms with Gasteiger partial charge in [0.1, 0.15) is 11.6 Å². The second kappa shape index (κ2) is 7.22. The maximum Gasteiger partial charge on any atom is 0.225 e. The summed E-state index contributed by atoms with van der Waals surface area (Å²) in [7, 11) is 0. The number of nitrogens with zero attached hydrogens (tertiary/aromatic N) is 1. The Morgan fingerprint density at radius 1 is 1.27 bits per heavy atom. The van der Waals surface area contributed by atoms with Gasteiger partial charge in [-0.05, 0) is 36.2 Å². The summed E-state index contributed by atoms with van der Waals surface area (Å²) in [5.74, 6) is 0.264. The third-order valence-electron chi connectivity index (χ3n) is 2.83. The molecule has 0 aliphatic heterocycles. The zero-order chi connectivity index (χ0) is 16.1. The Labute approximate surface area is 133 Å². The van der Waals surface area contributed by atoms with E-state index in [1.54, 1.807) is 24.4 Å². The van der Waals surface area contributed by atoms with Gasteiger partial charge in [0.2, 0.25) is 5.91 Å². The molecule has 1 aromatic heterocycles.